The first-order chi connectivity index (χ1) is 19.9. The van der Waals surface area contributed by atoms with Crippen LogP contribution >= 0.6 is 0 Å². The number of hydrogen-bond acceptors (Lipinski definition) is 7. The van der Waals surface area contributed by atoms with Crippen molar-refractivity contribution < 1.29 is 10.2 Å². The van der Waals surface area contributed by atoms with Gasteiger partial charge in [-0.25, -0.2) is 0 Å². The molecule has 0 aliphatic heterocycles. The predicted octanol–water partition coefficient (Wildman–Crippen LogP) is 5.56. The summed E-state index contributed by atoms with van der Waals surface area (Å²) in [6.45, 7) is 12.6. The Morgan fingerprint density at radius 1 is 1.15 bits per heavy atom. The molecule has 1 aromatic heterocycles. The van der Waals surface area contributed by atoms with Crippen LogP contribution in [0.15, 0.2) is 97.4 Å². The summed E-state index contributed by atoms with van der Waals surface area (Å²) < 4.78 is 0. The normalized spacial score (nSPS) is 16.2. The Morgan fingerprint density at radius 3 is 2.68 bits per heavy atom. The molecule has 1 aliphatic rings. The Morgan fingerprint density at radius 2 is 1.98 bits per heavy atom. The van der Waals surface area contributed by atoms with E-state index in [-0.39, 0.29) is 6.04 Å². The van der Waals surface area contributed by atoms with Gasteiger partial charge in [0.15, 0.2) is 6.29 Å². The second kappa shape index (κ2) is 19.8. The van der Waals surface area contributed by atoms with Crippen LogP contribution in [0, 0.1) is 0 Å². The molecular weight excluding hydrogens is 510 g/mol. The number of aryl methyl sites for hydroxylation is 1. The van der Waals surface area contributed by atoms with Gasteiger partial charge in [0.1, 0.15) is 0 Å². The Hall–Kier alpha value is -3.20. The fourth-order valence-electron chi connectivity index (χ4n) is 4.83. The zero-order chi connectivity index (χ0) is 29.9. The highest BCUT2D eigenvalue weighted by molar-refractivity contribution is 5.73. The van der Waals surface area contributed by atoms with Gasteiger partial charge >= 0.3 is 0 Å². The smallest absolute Gasteiger partial charge is 0.151 e. The van der Waals surface area contributed by atoms with Crippen LogP contribution in [0.4, 0.5) is 0 Å². The zero-order valence-corrected chi connectivity index (χ0v) is 25.0. The fourth-order valence-corrected chi connectivity index (χ4v) is 4.83. The maximum absolute atomic E-state index is 9.20. The summed E-state index contributed by atoms with van der Waals surface area (Å²) >= 11 is 0. The third-order valence-corrected chi connectivity index (χ3v) is 7.01. The summed E-state index contributed by atoms with van der Waals surface area (Å²) in [5, 5.41) is 21.9. The zero-order valence-electron chi connectivity index (χ0n) is 25.0. The van der Waals surface area contributed by atoms with E-state index in [2.05, 4.69) is 67.5 Å². The summed E-state index contributed by atoms with van der Waals surface area (Å²) in [6, 6.07) is 6.45. The SMILES string of the molecule is C=C/C=C(\C=C)c1ncccc(CNN[C@H](C)C2=C(CC/C=C\C)C(NC)CC=C2)ccnc1CCCCC(O)O. The molecule has 7 heteroatoms. The van der Waals surface area contributed by atoms with Gasteiger partial charge in [-0.05, 0) is 94.7 Å². The molecule has 0 radical (unpaired) electrons. The number of aliphatic hydroxyl groups excluding tert-OH is 1. The predicted molar refractivity (Wildman–Crippen MR) is 171 cm³/mol. The number of hydrazine groups is 1. The van der Waals surface area contributed by atoms with Gasteiger partial charge in [-0.2, -0.15) is 0 Å². The molecule has 5 N–H and O–H groups in total. The topological polar surface area (TPSA) is 102 Å². The van der Waals surface area contributed by atoms with Crippen molar-refractivity contribution in [1.82, 2.24) is 26.1 Å². The van der Waals surface area contributed by atoms with Gasteiger partial charge in [-0.3, -0.25) is 20.8 Å². The number of allylic oxidation sites excluding steroid dienone is 6. The number of aromatic nitrogens is 2. The first-order valence-corrected chi connectivity index (χ1v) is 14.6. The second-order valence-electron chi connectivity index (χ2n) is 10.0. The molecule has 0 amide bonds. The van der Waals surface area contributed by atoms with Crippen molar-refractivity contribution in [2.45, 2.75) is 83.7 Å². The van der Waals surface area contributed by atoms with E-state index in [0.29, 0.717) is 31.8 Å². The Bertz CT molecular complexity index is 1150. The van der Waals surface area contributed by atoms with E-state index in [4.69, 9.17) is 9.97 Å². The fraction of sp³-hybridized carbons (Fsp3) is 0.412. The summed E-state index contributed by atoms with van der Waals surface area (Å²) in [4.78, 5) is 9.48. The lowest BCUT2D eigenvalue weighted by molar-refractivity contribution is -0.0465. The van der Waals surface area contributed by atoms with Gasteiger partial charge in [0.25, 0.3) is 0 Å². The van der Waals surface area contributed by atoms with Crippen LogP contribution in [-0.4, -0.2) is 45.6 Å². The first kappa shape index (κ1) is 34.0. The van der Waals surface area contributed by atoms with Gasteiger partial charge in [0.05, 0.1) is 11.4 Å². The molecule has 41 heavy (non-hydrogen) atoms. The van der Waals surface area contributed by atoms with E-state index in [0.717, 1.165) is 48.2 Å². The molecule has 0 aromatic carbocycles. The lowest BCUT2D eigenvalue weighted by atomic mass is 9.86. The number of likely N-dealkylation sites (N-methyl/N-ethyl adjacent to an activating group) is 1. The Labute approximate surface area is 246 Å². The average molecular weight is 560 g/mol. The summed E-state index contributed by atoms with van der Waals surface area (Å²) in [7, 11) is 2.04. The van der Waals surface area contributed by atoms with E-state index in [1.807, 2.05) is 31.3 Å². The second-order valence-corrected chi connectivity index (χ2v) is 10.0. The van der Waals surface area contributed by atoms with E-state index in [9.17, 15) is 10.2 Å². The van der Waals surface area contributed by atoms with Gasteiger partial charge in [-0.1, -0.05) is 61.8 Å². The van der Waals surface area contributed by atoms with Crippen LogP contribution in [0.3, 0.4) is 0 Å². The standard InChI is InChI=1S/C34H49N5O2/c1-6-9-10-17-30-29(18-13-20-31(30)35-5)26(4)39-38-25-27-16-14-23-37-34(28(8-3)15-7-2)32(36-24-22-27)19-11-12-21-33(40)41/h6-9,13-16,18,22-24,26,31,33,35,38-41H,2-3,10-12,17,19-21,25H2,1,4-5H3/b9-6-,16-14?,23-14?,24-22?,27-16?,27-22?,28-15+,34-32?,36-24?,36-32?,37-23?,37-34?/t26-,31?/m1/s1. The largest absolute Gasteiger partial charge is 0.368 e. The van der Waals surface area contributed by atoms with Gasteiger partial charge in [0.2, 0.25) is 0 Å². The summed E-state index contributed by atoms with van der Waals surface area (Å²) in [5.41, 5.74) is 13.1. The molecule has 2 rings (SSSR count). The molecule has 2 atom stereocenters. The molecule has 1 heterocycles. The maximum atomic E-state index is 9.20. The van der Waals surface area contributed by atoms with Crippen molar-refractivity contribution in [2.24, 2.45) is 0 Å². The van der Waals surface area contributed by atoms with Gasteiger partial charge < -0.3 is 15.5 Å². The van der Waals surface area contributed by atoms with Crippen LogP contribution in [-0.2, 0) is 13.0 Å². The van der Waals surface area contributed by atoms with Crippen molar-refractivity contribution in [3.8, 4) is 0 Å². The Kier molecular flexibility index (Phi) is 16.4. The van der Waals surface area contributed by atoms with Crippen LogP contribution in [0.2, 0.25) is 0 Å². The van der Waals surface area contributed by atoms with Crippen molar-refractivity contribution in [2.75, 3.05) is 7.05 Å². The van der Waals surface area contributed by atoms with Crippen LogP contribution in [0.25, 0.3) is 5.57 Å². The van der Waals surface area contributed by atoms with E-state index < -0.39 is 6.29 Å². The van der Waals surface area contributed by atoms with Gasteiger partial charge in [0, 0.05) is 36.6 Å². The molecule has 1 aromatic rings. The van der Waals surface area contributed by atoms with Crippen molar-refractivity contribution in [3.05, 3.63) is 114 Å². The quantitative estimate of drug-likeness (QED) is 0.0560. The number of rotatable bonds is 17. The number of nitrogens with zero attached hydrogens (tertiary/aromatic N) is 2. The number of unbranched alkanes of at least 4 members (excludes halogenated alkanes) is 1. The maximum Gasteiger partial charge on any atom is 0.151 e. The number of aliphatic hydroxyl groups is 2. The molecule has 222 valence electrons. The Balaban J connectivity index is 2.22. The van der Waals surface area contributed by atoms with Crippen molar-refractivity contribution in [3.63, 3.8) is 0 Å². The molecule has 0 bridgehead atoms. The minimum Gasteiger partial charge on any atom is -0.368 e. The molecule has 0 saturated carbocycles. The lowest BCUT2D eigenvalue weighted by Gasteiger charge is -2.28. The highest BCUT2D eigenvalue weighted by atomic mass is 16.5. The molecule has 0 saturated heterocycles. The molecule has 0 fully saturated rings. The summed E-state index contributed by atoms with van der Waals surface area (Å²) in [6.07, 6.45) is 22.0. The minimum absolute atomic E-state index is 0.144. The monoisotopic (exact) mass is 559 g/mol. The van der Waals surface area contributed by atoms with Crippen LogP contribution in [0.1, 0.15) is 69.3 Å². The molecule has 1 aliphatic carbocycles. The molecule has 7 nitrogen and oxygen atoms in total. The highest BCUT2D eigenvalue weighted by Crippen LogP contribution is 2.26. The van der Waals surface area contributed by atoms with E-state index >= 15 is 0 Å². The van der Waals surface area contributed by atoms with Crippen LogP contribution in [0.5, 0.6) is 0 Å². The third kappa shape index (κ3) is 12.1. The molecule has 0 spiro atoms. The lowest BCUT2D eigenvalue weighted by Crippen LogP contribution is -2.41. The minimum atomic E-state index is -1.29. The van der Waals surface area contributed by atoms with E-state index in [1.165, 1.54) is 11.1 Å². The number of hydrogen-bond donors (Lipinski definition) is 5. The van der Waals surface area contributed by atoms with Crippen LogP contribution < -0.4 is 16.2 Å². The first-order valence-electron chi connectivity index (χ1n) is 14.6. The number of nitrogens with one attached hydrogen (secondary N) is 3. The van der Waals surface area contributed by atoms with Crippen molar-refractivity contribution >= 4 is 5.57 Å². The molecular formula is C34H49N5O2. The average Bonchev–Trinajstić information content (AvgIpc) is 2.97. The molecule has 1 unspecified atom stereocenters. The highest BCUT2D eigenvalue weighted by Gasteiger charge is 2.21. The summed E-state index contributed by atoms with van der Waals surface area (Å²) in [5.74, 6) is 0. The van der Waals surface area contributed by atoms with Crippen molar-refractivity contribution in [1.29, 1.82) is 0 Å². The van der Waals surface area contributed by atoms with E-state index in [1.54, 1.807) is 24.5 Å². The third-order valence-electron chi connectivity index (χ3n) is 7.01. The van der Waals surface area contributed by atoms with Gasteiger partial charge in [-0.15, -0.1) is 0 Å².